The molecule has 206 valence electrons. The number of hydrogen-bond donors (Lipinski definition) is 4. The van der Waals surface area contributed by atoms with E-state index < -0.39 is 18.6 Å². The molecule has 1 aliphatic heterocycles. The number of hydrogen-bond acceptors (Lipinski definition) is 7. The molecule has 1 amide bonds. The number of benzene rings is 2. The number of alkyl halides is 3. The van der Waals surface area contributed by atoms with Gasteiger partial charge in [0.2, 0.25) is 5.95 Å². The van der Waals surface area contributed by atoms with E-state index >= 15 is 0 Å². The predicted molar refractivity (Wildman–Crippen MR) is 142 cm³/mol. The molecule has 0 bridgehead atoms. The van der Waals surface area contributed by atoms with Crippen molar-refractivity contribution in [2.24, 2.45) is 7.05 Å². The maximum atomic E-state index is 12.4. The molecule has 1 unspecified atom stereocenters. The number of aromatic nitrogens is 3. The van der Waals surface area contributed by atoms with Crippen molar-refractivity contribution in [3.8, 4) is 11.4 Å². The van der Waals surface area contributed by atoms with Gasteiger partial charge >= 0.3 is 6.18 Å². The van der Waals surface area contributed by atoms with Gasteiger partial charge in [-0.2, -0.15) is 18.2 Å². The first-order chi connectivity index (χ1) is 18.7. The van der Waals surface area contributed by atoms with Gasteiger partial charge in [-0.15, -0.1) is 5.10 Å². The van der Waals surface area contributed by atoms with E-state index in [1.807, 2.05) is 17.4 Å². The highest BCUT2D eigenvalue weighted by molar-refractivity contribution is 5.94. The first-order valence-electron chi connectivity index (χ1n) is 12.9. The smallest absolute Gasteiger partial charge is 0.360 e. The summed E-state index contributed by atoms with van der Waals surface area (Å²) in [7, 11) is 1.75. The van der Waals surface area contributed by atoms with E-state index in [0.29, 0.717) is 23.3 Å². The van der Waals surface area contributed by atoms with Gasteiger partial charge in [0, 0.05) is 47.9 Å². The van der Waals surface area contributed by atoms with Gasteiger partial charge < -0.3 is 26.1 Å². The second-order valence-corrected chi connectivity index (χ2v) is 9.79. The molecule has 12 heteroatoms. The van der Waals surface area contributed by atoms with Crippen LogP contribution in [-0.4, -0.2) is 52.4 Å². The van der Waals surface area contributed by atoms with E-state index in [1.54, 1.807) is 23.9 Å². The number of carbonyl (C=O) groups is 1. The molecule has 1 aromatic heterocycles. The van der Waals surface area contributed by atoms with Crippen LogP contribution in [0.5, 0.6) is 0 Å². The Hall–Kier alpha value is -3.93. The lowest BCUT2D eigenvalue weighted by Crippen LogP contribution is -2.33. The number of halogens is 3. The van der Waals surface area contributed by atoms with Crippen LogP contribution in [0.25, 0.3) is 11.4 Å². The minimum absolute atomic E-state index is 0.0632. The summed E-state index contributed by atoms with van der Waals surface area (Å²) in [6.45, 7) is -0.659. The van der Waals surface area contributed by atoms with Gasteiger partial charge in [-0.1, -0.05) is 12.1 Å². The molecule has 2 aromatic carbocycles. The highest BCUT2D eigenvalue weighted by Gasteiger charge is 2.31. The minimum Gasteiger partial charge on any atom is -0.360 e. The van der Waals surface area contributed by atoms with Crippen molar-refractivity contribution in [3.05, 3.63) is 53.1 Å². The third-order valence-corrected chi connectivity index (χ3v) is 6.78. The highest BCUT2D eigenvalue weighted by atomic mass is 19.4. The number of ether oxygens (including phenoxy) is 1. The van der Waals surface area contributed by atoms with Crippen molar-refractivity contribution in [1.29, 1.82) is 5.41 Å². The Morgan fingerprint density at radius 3 is 2.51 bits per heavy atom. The molecular formula is C27H30F3N7O2. The summed E-state index contributed by atoms with van der Waals surface area (Å²) in [5.74, 6) is 0.432. The normalized spacial score (nSPS) is 17.5. The quantitative estimate of drug-likeness (QED) is 0.272. The Kier molecular flexibility index (Phi) is 7.56. The fourth-order valence-electron chi connectivity index (χ4n) is 4.66. The molecule has 2 heterocycles. The number of aryl methyl sites for hydroxylation is 1. The molecule has 3 aromatic rings. The summed E-state index contributed by atoms with van der Waals surface area (Å²) >= 11 is 0. The Balaban J connectivity index is 1.34. The highest BCUT2D eigenvalue weighted by Crippen LogP contribution is 2.47. The maximum Gasteiger partial charge on any atom is 0.405 e. The summed E-state index contributed by atoms with van der Waals surface area (Å²) in [6, 6.07) is 10.00. The molecule has 0 spiro atoms. The zero-order valence-corrected chi connectivity index (χ0v) is 21.4. The van der Waals surface area contributed by atoms with Crippen LogP contribution in [0.4, 0.5) is 30.5 Å². The van der Waals surface area contributed by atoms with Crippen LogP contribution in [0.2, 0.25) is 0 Å². The fraction of sp³-hybridized carbons (Fsp3) is 0.407. The molecule has 39 heavy (non-hydrogen) atoms. The van der Waals surface area contributed by atoms with Crippen LogP contribution in [0.3, 0.4) is 0 Å². The van der Waals surface area contributed by atoms with Crippen molar-refractivity contribution in [1.82, 2.24) is 20.1 Å². The maximum absolute atomic E-state index is 12.4. The first-order valence-corrected chi connectivity index (χ1v) is 12.9. The summed E-state index contributed by atoms with van der Waals surface area (Å²) < 4.78 is 44.6. The van der Waals surface area contributed by atoms with Crippen LogP contribution < -0.4 is 16.0 Å². The third kappa shape index (κ3) is 6.39. The number of rotatable bonds is 9. The number of nitrogens with one attached hydrogen (secondary N) is 4. The van der Waals surface area contributed by atoms with Gasteiger partial charge in [0.05, 0.1) is 0 Å². The van der Waals surface area contributed by atoms with Gasteiger partial charge in [0.15, 0.2) is 5.82 Å². The largest absolute Gasteiger partial charge is 0.405 e. The van der Waals surface area contributed by atoms with Gasteiger partial charge in [-0.3, -0.25) is 4.79 Å². The minimum atomic E-state index is -4.48. The Morgan fingerprint density at radius 1 is 1.13 bits per heavy atom. The Morgan fingerprint density at radius 2 is 1.87 bits per heavy atom. The predicted octanol–water partition coefficient (Wildman–Crippen LogP) is 5.33. The molecule has 9 nitrogen and oxygen atoms in total. The topological polar surface area (TPSA) is 117 Å². The van der Waals surface area contributed by atoms with E-state index in [9.17, 15) is 18.0 Å². The molecule has 4 N–H and O–H groups in total. The van der Waals surface area contributed by atoms with E-state index in [4.69, 9.17) is 10.1 Å². The molecule has 2 fully saturated rings. The van der Waals surface area contributed by atoms with Crippen LogP contribution in [0.1, 0.15) is 59.5 Å². The average molecular weight is 542 g/mol. The molecule has 1 saturated heterocycles. The molecule has 1 aliphatic carbocycles. The van der Waals surface area contributed by atoms with Gasteiger partial charge in [-0.05, 0) is 67.9 Å². The fourth-order valence-corrected chi connectivity index (χ4v) is 4.66. The Bertz CT molecular complexity index is 1340. The molecular weight excluding hydrogens is 511 g/mol. The van der Waals surface area contributed by atoms with Crippen molar-refractivity contribution in [3.63, 3.8) is 0 Å². The van der Waals surface area contributed by atoms with E-state index in [1.165, 1.54) is 18.3 Å². The molecule has 0 radical (unpaired) electrons. The Labute approximate surface area is 223 Å². The van der Waals surface area contributed by atoms with Crippen molar-refractivity contribution < 1.29 is 22.7 Å². The molecule has 2 aliphatic rings. The summed E-state index contributed by atoms with van der Waals surface area (Å²) in [5.41, 5.74) is 4.34. The molecule has 1 atom stereocenters. The van der Waals surface area contributed by atoms with E-state index in [0.717, 1.165) is 61.2 Å². The summed E-state index contributed by atoms with van der Waals surface area (Å²) in [4.78, 5) is 16.6. The van der Waals surface area contributed by atoms with Crippen molar-refractivity contribution in [2.45, 2.75) is 50.4 Å². The number of amides is 1. The van der Waals surface area contributed by atoms with Gasteiger partial charge in [0.25, 0.3) is 5.91 Å². The van der Waals surface area contributed by atoms with E-state index in [-0.39, 0.29) is 11.8 Å². The average Bonchev–Trinajstić information content (AvgIpc) is 3.70. The lowest BCUT2D eigenvalue weighted by atomic mass is 9.99. The molecule has 1 saturated carbocycles. The third-order valence-electron chi connectivity index (χ3n) is 6.78. The van der Waals surface area contributed by atoms with Crippen LogP contribution in [0.15, 0.2) is 36.4 Å². The standard InChI is InChI=1S/C27H30F3N7O2/c1-37-26(35-24(36-37)17-7-9-18(10-8-17)25(38)32-15-27(28,29)30)34-21-12-11-20(33-22-4-2-3-13-39-22)19(14-31)23(21)16-5-6-16/h7-12,14,16,22,31,33H,2-6,13,15H2,1H3,(H,32,38)(H,34,35,36). The zero-order valence-electron chi connectivity index (χ0n) is 21.4. The van der Waals surface area contributed by atoms with Gasteiger partial charge in [-0.25, -0.2) is 4.68 Å². The first kappa shape index (κ1) is 26.7. The number of nitrogens with zero attached hydrogens (tertiary/aromatic N) is 3. The van der Waals surface area contributed by atoms with E-state index in [2.05, 4.69) is 20.7 Å². The number of anilines is 3. The summed E-state index contributed by atoms with van der Waals surface area (Å²) in [5, 5.41) is 21.3. The lowest BCUT2D eigenvalue weighted by Gasteiger charge is -2.26. The molecule has 5 rings (SSSR count). The van der Waals surface area contributed by atoms with Crippen LogP contribution >= 0.6 is 0 Å². The second-order valence-electron chi connectivity index (χ2n) is 9.79. The van der Waals surface area contributed by atoms with Crippen LogP contribution in [0, 0.1) is 5.41 Å². The summed E-state index contributed by atoms with van der Waals surface area (Å²) in [6.07, 6.45) is 2.04. The van der Waals surface area contributed by atoms with Crippen molar-refractivity contribution >= 4 is 29.4 Å². The van der Waals surface area contributed by atoms with Crippen LogP contribution in [-0.2, 0) is 11.8 Å². The SMILES string of the molecule is Cn1nc(-c2ccc(C(=O)NCC(F)(F)F)cc2)nc1Nc1ccc(NC2CCCCO2)c(C=N)c1C1CC1. The second kappa shape index (κ2) is 11.0. The van der Waals surface area contributed by atoms with Crippen molar-refractivity contribution in [2.75, 3.05) is 23.8 Å². The van der Waals surface area contributed by atoms with Gasteiger partial charge in [0.1, 0.15) is 12.8 Å². The zero-order chi connectivity index (χ0) is 27.6. The lowest BCUT2D eigenvalue weighted by molar-refractivity contribution is -0.123. The monoisotopic (exact) mass is 541 g/mol. The number of carbonyl (C=O) groups excluding carboxylic acids is 1.